The summed E-state index contributed by atoms with van der Waals surface area (Å²) in [4.78, 5) is 4.82. The van der Waals surface area contributed by atoms with E-state index in [1.165, 1.54) is 12.8 Å². The van der Waals surface area contributed by atoms with Crippen molar-refractivity contribution in [3.63, 3.8) is 0 Å². The molecule has 1 fully saturated rings. The van der Waals surface area contributed by atoms with Gasteiger partial charge in [-0.25, -0.2) is 0 Å². The van der Waals surface area contributed by atoms with Crippen LogP contribution in [0.2, 0.25) is 5.02 Å². The third-order valence-corrected chi connectivity index (χ3v) is 4.57. The number of nitriles is 1. The van der Waals surface area contributed by atoms with Crippen molar-refractivity contribution in [3.8, 4) is 6.07 Å². The van der Waals surface area contributed by atoms with Gasteiger partial charge >= 0.3 is 0 Å². The van der Waals surface area contributed by atoms with Gasteiger partial charge < -0.3 is 9.80 Å². The van der Waals surface area contributed by atoms with Gasteiger partial charge in [0.15, 0.2) is 0 Å². The molecule has 0 saturated carbocycles. The summed E-state index contributed by atoms with van der Waals surface area (Å²) in [5.41, 5.74) is 1.63. The van der Waals surface area contributed by atoms with Crippen LogP contribution < -0.4 is 4.90 Å². The van der Waals surface area contributed by atoms with Crippen LogP contribution in [-0.4, -0.2) is 37.1 Å². The van der Waals surface area contributed by atoms with Crippen molar-refractivity contribution in [2.45, 2.75) is 38.8 Å². The molecule has 0 bridgehead atoms. The van der Waals surface area contributed by atoms with Crippen LogP contribution in [0.5, 0.6) is 0 Å². The molecular weight excluding hydrogens is 270 g/mol. The van der Waals surface area contributed by atoms with Crippen LogP contribution >= 0.6 is 11.6 Å². The highest BCUT2D eigenvalue weighted by molar-refractivity contribution is 6.32. The van der Waals surface area contributed by atoms with Gasteiger partial charge in [0.05, 0.1) is 10.6 Å². The molecule has 1 heterocycles. The Balaban J connectivity index is 2.04. The summed E-state index contributed by atoms with van der Waals surface area (Å²) in [5.74, 6) is 0. The molecule has 1 saturated heterocycles. The summed E-state index contributed by atoms with van der Waals surface area (Å²) >= 11 is 6.12. The molecule has 1 aromatic rings. The number of hydrogen-bond donors (Lipinski definition) is 0. The van der Waals surface area contributed by atoms with Crippen molar-refractivity contribution in [1.82, 2.24) is 4.90 Å². The largest absolute Gasteiger partial charge is 0.371 e. The van der Waals surface area contributed by atoms with Crippen molar-refractivity contribution >= 4 is 17.3 Å². The standard InChI is InChI=1S/C16H22ClN3/c1-12(2)20-8-6-14(7-9-20)19(3)15-5-4-13(11-18)16(17)10-15/h4-5,10,12,14H,6-9H2,1-3H3. The van der Waals surface area contributed by atoms with Gasteiger partial charge in [0.25, 0.3) is 0 Å². The first-order valence-corrected chi connectivity index (χ1v) is 7.57. The third kappa shape index (κ3) is 3.26. The molecular formula is C16H22ClN3. The van der Waals surface area contributed by atoms with Crippen LogP contribution in [0.25, 0.3) is 0 Å². The monoisotopic (exact) mass is 291 g/mol. The highest BCUT2D eigenvalue weighted by atomic mass is 35.5. The Morgan fingerprint density at radius 1 is 1.35 bits per heavy atom. The SMILES string of the molecule is CC(C)N1CCC(N(C)c2ccc(C#N)c(Cl)c2)CC1. The van der Waals surface area contributed by atoms with E-state index in [1.807, 2.05) is 12.1 Å². The fourth-order valence-electron chi connectivity index (χ4n) is 2.81. The van der Waals surface area contributed by atoms with Crippen molar-refractivity contribution in [1.29, 1.82) is 5.26 Å². The molecule has 1 aromatic carbocycles. The zero-order valence-corrected chi connectivity index (χ0v) is 13.2. The zero-order chi connectivity index (χ0) is 14.7. The molecule has 0 radical (unpaired) electrons. The first-order valence-electron chi connectivity index (χ1n) is 7.19. The van der Waals surface area contributed by atoms with E-state index in [0.717, 1.165) is 18.8 Å². The topological polar surface area (TPSA) is 30.3 Å². The van der Waals surface area contributed by atoms with Crippen molar-refractivity contribution in [3.05, 3.63) is 28.8 Å². The fraction of sp³-hybridized carbons (Fsp3) is 0.562. The van der Waals surface area contributed by atoms with E-state index in [0.29, 0.717) is 22.7 Å². The molecule has 0 atom stereocenters. The van der Waals surface area contributed by atoms with E-state index in [9.17, 15) is 0 Å². The lowest BCUT2D eigenvalue weighted by atomic mass is 10.0. The number of likely N-dealkylation sites (tertiary alicyclic amines) is 1. The molecule has 2 rings (SSSR count). The number of rotatable bonds is 3. The van der Waals surface area contributed by atoms with Crippen molar-refractivity contribution in [2.24, 2.45) is 0 Å². The highest BCUT2D eigenvalue weighted by Gasteiger charge is 2.24. The predicted octanol–water partition coefficient (Wildman–Crippen LogP) is 3.52. The Labute approximate surface area is 126 Å². The minimum Gasteiger partial charge on any atom is -0.371 e. The molecule has 0 spiro atoms. The van der Waals surface area contributed by atoms with Gasteiger partial charge in [-0.05, 0) is 44.9 Å². The van der Waals surface area contributed by atoms with E-state index in [1.54, 1.807) is 6.07 Å². The number of benzene rings is 1. The summed E-state index contributed by atoms with van der Waals surface area (Å²) < 4.78 is 0. The van der Waals surface area contributed by atoms with Crippen molar-refractivity contribution in [2.75, 3.05) is 25.0 Å². The number of hydrogen-bond acceptors (Lipinski definition) is 3. The van der Waals surface area contributed by atoms with Gasteiger partial charge in [0, 0.05) is 37.9 Å². The van der Waals surface area contributed by atoms with Crippen LogP contribution in [0.1, 0.15) is 32.3 Å². The van der Waals surface area contributed by atoms with Gasteiger partial charge in [-0.2, -0.15) is 5.26 Å². The molecule has 0 N–H and O–H groups in total. The Kier molecular flexibility index (Phi) is 4.91. The van der Waals surface area contributed by atoms with E-state index in [-0.39, 0.29) is 0 Å². The summed E-state index contributed by atoms with van der Waals surface area (Å²) in [5, 5.41) is 9.46. The molecule has 1 aliphatic rings. The maximum atomic E-state index is 8.92. The van der Waals surface area contributed by atoms with Gasteiger partial charge in [0.1, 0.15) is 6.07 Å². The average molecular weight is 292 g/mol. The maximum Gasteiger partial charge on any atom is 0.101 e. The van der Waals surface area contributed by atoms with Crippen LogP contribution in [0.4, 0.5) is 5.69 Å². The molecule has 108 valence electrons. The molecule has 0 aliphatic carbocycles. The van der Waals surface area contributed by atoms with Gasteiger partial charge in [0.2, 0.25) is 0 Å². The summed E-state index contributed by atoms with van der Waals surface area (Å²) in [7, 11) is 2.12. The van der Waals surface area contributed by atoms with E-state index >= 15 is 0 Å². The maximum absolute atomic E-state index is 8.92. The van der Waals surface area contributed by atoms with E-state index in [2.05, 4.69) is 36.8 Å². The summed E-state index contributed by atoms with van der Waals surface area (Å²) in [6.07, 6.45) is 2.35. The Morgan fingerprint density at radius 2 is 2.00 bits per heavy atom. The Morgan fingerprint density at radius 3 is 2.50 bits per heavy atom. The smallest absolute Gasteiger partial charge is 0.101 e. The second-order valence-corrected chi connectivity index (χ2v) is 6.15. The first kappa shape index (κ1) is 15.2. The van der Waals surface area contributed by atoms with Crippen LogP contribution in [0, 0.1) is 11.3 Å². The number of halogens is 1. The number of anilines is 1. The number of nitrogens with zero attached hydrogens (tertiary/aromatic N) is 3. The minimum absolute atomic E-state index is 0.538. The average Bonchev–Trinajstić information content (AvgIpc) is 2.46. The molecule has 0 unspecified atom stereocenters. The lowest BCUT2D eigenvalue weighted by Gasteiger charge is -2.39. The summed E-state index contributed by atoms with van der Waals surface area (Å²) in [6, 6.07) is 8.97. The van der Waals surface area contributed by atoms with Crippen LogP contribution in [-0.2, 0) is 0 Å². The lowest BCUT2D eigenvalue weighted by molar-refractivity contribution is 0.171. The molecule has 20 heavy (non-hydrogen) atoms. The van der Waals surface area contributed by atoms with Crippen molar-refractivity contribution < 1.29 is 0 Å². The molecule has 0 aromatic heterocycles. The highest BCUT2D eigenvalue weighted by Crippen LogP contribution is 2.27. The Hall–Kier alpha value is -1.24. The minimum atomic E-state index is 0.538. The van der Waals surface area contributed by atoms with Crippen LogP contribution in [0.15, 0.2) is 18.2 Å². The first-order chi connectivity index (χ1) is 9.52. The second-order valence-electron chi connectivity index (χ2n) is 5.75. The molecule has 3 nitrogen and oxygen atoms in total. The second kappa shape index (κ2) is 6.47. The molecule has 0 amide bonds. The van der Waals surface area contributed by atoms with E-state index < -0.39 is 0 Å². The third-order valence-electron chi connectivity index (χ3n) is 4.26. The van der Waals surface area contributed by atoms with Gasteiger partial charge in [-0.3, -0.25) is 0 Å². The van der Waals surface area contributed by atoms with Crippen LogP contribution in [0.3, 0.4) is 0 Å². The van der Waals surface area contributed by atoms with Gasteiger partial charge in [-0.1, -0.05) is 11.6 Å². The lowest BCUT2D eigenvalue weighted by Crippen LogP contribution is -2.45. The quantitative estimate of drug-likeness (QED) is 0.853. The molecule has 1 aliphatic heterocycles. The molecule has 4 heteroatoms. The number of piperidine rings is 1. The fourth-order valence-corrected chi connectivity index (χ4v) is 3.03. The predicted molar refractivity (Wildman–Crippen MR) is 84.3 cm³/mol. The zero-order valence-electron chi connectivity index (χ0n) is 12.4. The normalized spacial score (nSPS) is 17.2. The summed E-state index contributed by atoms with van der Waals surface area (Å²) in [6.45, 7) is 6.81. The van der Waals surface area contributed by atoms with Gasteiger partial charge in [-0.15, -0.1) is 0 Å². The van der Waals surface area contributed by atoms with E-state index in [4.69, 9.17) is 16.9 Å². The Bertz CT molecular complexity index is 499.